The number of amides is 2. The van der Waals surface area contributed by atoms with Crippen molar-refractivity contribution in [2.45, 2.75) is 70.4 Å². The smallest absolute Gasteiger partial charge is 0.242 e. The van der Waals surface area contributed by atoms with Gasteiger partial charge in [-0.05, 0) is 87.7 Å². The molecule has 1 saturated heterocycles. The number of hydrogen-bond donors (Lipinski definition) is 1. The number of rotatable bonds is 6. The molecule has 1 aliphatic heterocycles. The number of imidazole rings is 1. The van der Waals surface area contributed by atoms with Gasteiger partial charge in [0.15, 0.2) is 0 Å². The molecule has 0 spiro atoms. The van der Waals surface area contributed by atoms with Crippen molar-refractivity contribution in [1.29, 1.82) is 0 Å². The predicted octanol–water partition coefficient (Wildman–Crippen LogP) is 3.75. The molecule has 1 aromatic carbocycles. The van der Waals surface area contributed by atoms with E-state index in [4.69, 9.17) is 0 Å². The number of aryl methyl sites for hydroxylation is 1. The van der Waals surface area contributed by atoms with Crippen LogP contribution in [0, 0.1) is 23.2 Å². The Bertz CT molecular complexity index is 992. The van der Waals surface area contributed by atoms with Crippen molar-refractivity contribution in [3.63, 3.8) is 0 Å². The number of aromatic nitrogens is 2. The number of benzene rings is 1. The maximum Gasteiger partial charge on any atom is 0.242 e. The number of fused-ring (bicyclic) bond motifs is 1. The van der Waals surface area contributed by atoms with Gasteiger partial charge in [-0.15, -0.1) is 0 Å². The number of hydrogen-bond acceptors (Lipinski definition) is 3. The highest BCUT2D eigenvalue weighted by atomic mass is 16.2. The van der Waals surface area contributed by atoms with Crippen molar-refractivity contribution in [3.8, 4) is 0 Å². The van der Waals surface area contributed by atoms with E-state index in [2.05, 4.69) is 20.9 Å². The lowest BCUT2D eigenvalue weighted by Crippen LogP contribution is -2.57. The summed E-state index contributed by atoms with van der Waals surface area (Å²) in [5.74, 6) is 2.59. The summed E-state index contributed by atoms with van der Waals surface area (Å²) in [4.78, 5) is 33.2. The van der Waals surface area contributed by atoms with Gasteiger partial charge < -0.3 is 14.8 Å². The highest BCUT2D eigenvalue weighted by Gasteiger charge is 2.56. The topological polar surface area (TPSA) is 67.2 Å². The zero-order chi connectivity index (χ0) is 21.7. The van der Waals surface area contributed by atoms with Crippen LogP contribution in [0.1, 0.15) is 57.8 Å². The SMILES string of the molecule is O=C(NCCCn1cnc2ccccc21)C1CCCN1C(=O)C12CC3CC(CC(C3)C1)C2. The first-order chi connectivity index (χ1) is 15.6. The van der Waals surface area contributed by atoms with Crippen LogP contribution in [0.3, 0.4) is 0 Å². The molecule has 5 fully saturated rings. The van der Waals surface area contributed by atoms with Crippen molar-refractivity contribution < 1.29 is 9.59 Å². The van der Waals surface area contributed by atoms with Gasteiger partial charge in [-0.2, -0.15) is 0 Å². The maximum absolute atomic E-state index is 13.8. The lowest BCUT2D eigenvalue weighted by molar-refractivity contribution is -0.160. The maximum atomic E-state index is 13.8. The lowest BCUT2D eigenvalue weighted by atomic mass is 9.49. The van der Waals surface area contributed by atoms with Crippen LogP contribution in [0.5, 0.6) is 0 Å². The van der Waals surface area contributed by atoms with Gasteiger partial charge in [0, 0.05) is 19.6 Å². The van der Waals surface area contributed by atoms with Crippen molar-refractivity contribution in [1.82, 2.24) is 19.8 Å². The standard InChI is InChI=1S/C26H34N4O2/c31-24(27-8-4-9-29-17-28-21-5-1-2-6-22(21)29)23-7-3-10-30(23)25(32)26-14-18-11-19(15-26)13-20(12-18)16-26/h1-2,5-6,17-20,23H,3-4,7-16H2,(H,27,31). The Morgan fingerprint density at radius 3 is 2.53 bits per heavy atom. The molecular weight excluding hydrogens is 400 g/mol. The quantitative estimate of drug-likeness (QED) is 0.704. The third-order valence-corrected chi connectivity index (χ3v) is 8.71. The van der Waals surface area contributed by atoms with Crippen LogP contribution < -0.4 is 5.32 Å². The first-order valence-electron chi connectivity index (χ1n) is 12.6. The molecule has 1 N–H and O–H groups in total. The lowest BCUT2D eigenvalue weighted by Gasteiger charge is -2.56. The molecule has 1 atom stereocenters. The number of likely N-dealkylation sites (tertiary alicyclic amines) is 1. The summed E-state index contributed by atoms with van der Waals surface area (Å²) in [6.45, 7) is 2.20. The van der Waals surface area contributed by atoms with E-state index in [9.17, 15) is 9.59 Å². The van der Waals surface area contributed by atoms with E-state index < -0.39 is 0 Å². The summed E-state index contributed by atoms with van der Waals surface area (Å²) in [5, 5.41) is 3.13. The van der Waals surface area contributed by atoms with Crippen LogP contribution in [0.25, 0.3) is 11.0 Å². The Labute approximate surface area is 189 Å². The zero-order valence-corrected chi connectivity index (χ0v) is 18.8. The monoisotopic (exact) mass is 434 g/mol. The normalized spacial score (nSPS) is 33.2. The highest BCUT2D eigenvalue weighted by Crippen LogP contribution is 2.60. The van der Waals surface area contributed by atoms with Gasteiger partial charge in [-0.1, -0.05) is 12.1 Å². The third kappa shape index (κ3) is 3.43. The van der Waals surface area contributed by atoms with Gasteiger partial charge in [0.05, 0.1) is 22.8 Å². The fourth-order valence-electron chi connectivity index (χ4n) is 7.73. The van der Waals surface area contributed by atoms with Crippen molar-refractivity contribution >= 4 is 22.8 Å². The number of nitrogens with zero attached hydrogens (tertiary/aromatic N) is 3. The third-order valence-electron chi connectivity index (χ3n) is 8.71. The molecule has 0 radical (unpaired) electrons. The molecule has 2 amide bonds. The Morgan fingerprint density at radius 1 is 1.06 bits per heavy atom. The van der Waals surface area contributed by atoms with Gasteiger partial charge in [0.25, 0.3) is 0 Å². The van der Waals surface area contributed by atoms with Crippen LogP contribution in [-0.2, 0) is 16.1 Å². The summed E-state index contributed by atoms with van der Waals surface area (Å²) in [5.41, 5.74) is 1.98. The Balaban J connectivity index is 1.06. The van der Waals surface area contributed by atoms with Crippen LogP contribution in [0.2, 0.25) is 0 Å². The highest BCUT2D eigenvalue weighted by molar-refractivity contribution is 5.91. The average Bonchev–Trinajstić information content (AvgIpc) is 3.43. The second-order valence-corrected chi connectivity index (χ2v) is 10.9. The van der Waals surface area contributed by atoms with Crippen LogP contribution in [0.4, 0.5) is 0 Å². The van der Waals surface area contributed by atoms with Gasteiger partial charge in [0.2, 0.25) is 11.8 Å². The Morgan fingerprint density at radius 2 is 1.78 bits per heavy atom. The van der Waals surface area contributed by atoms with E-state index in [1.54, 1.807) is 0 Å². The summed E-state index contributed by atoms with van der Waals surface area (Å²) in [7, 11) is 0. The molecule has 6 nitrogen and oxygen atoms in total. The zero-order valence-electron chi connectivity index (χ0n) is 18.8. The molecular formula is C26H34N4O2. The predicted molar refractivity (Wildman–Crippen MR) is 123 cm³/mol. The van der Waals surface area contributed by atoms with Crippen LogP contribution in [-0.4, -0.2) is 45.4 Å². The molecule has 7 rings (SSSR count). The molecule has 4 aliphatic carbocycles. The molecule has 6 heteroatoms. The first kappa shape index (κ1) is 20.3. The summed E-state index contributed by atoms with van der Waals surface area (Å²) in [6.07, 6.45) is 11.7. The number of nitrogens with one attached hydrogen (secondary N) is 1. The summed E-state index contributed by atoms with van der Waals surface area (Å²) >= 11 is 0. The van der Waals surface area contributed by atoms with Crippen molar-refractivity contribution in [3.05, 3.63) is 30.6 Å². The average molecular weight is 435 g/mol. The fourth-order valence-corrected chi connectivity index (χ4v) is 7.73. The second-order valence-electron chi connectivity index (χ2n) is 10.9. The fraction of sp³-hybridized carbons (Fsp3) is 0.654. The molecule has 1 aromatic heterocycles. The van der Waals surface area contributed by atoms with Crippen molar-refractivity contribution in [2.24, 2.45) is 23.2 Å². The summed E-state index contributed by atoms with van der Waals surface area (Å²) in [6, 6.07) is 7.84. The minimum Gasteiger partial charge on any atom is -0.354 e. The molecule has 2 heterocycles. The Kier molecular flexibility index (Phi) is 4.99. The largest absolute Gasteiger partial charge is 0.354 e. The molecule has 4 bridgehead atoms. The van der Waals surface area contributed by atoms with E-state index in [0.717, 1.165) is 80.4 Å². The van der Waals surface area contributed by atoms with E-state index in [1.807, 2.05) is 29.4 Å². The Hall–Kier alpha value is -2.37. The van der Waals surface area contributed by atoms with Gasteiger partial charge >= 0.3 is 0 Å². The minimum absolute atomic E-state index is 0.0380. The van der Waals surface area contributed by atoms with E-state index in [1.165, 1.54) is 19.3 Å². The van der Waals surface area contributed by atoms with E-state index >= 15 is 0 Å². The van der Waals surface area contributed by atoms with Crippen LogP contribution in [0.15, 0.2) is 30.6 Å². The summed E-state index contributed by atoms with van der Waals surface area (Å²) < 4.78 is 2.14. The molecule has 2 aromatic rings. The number of carbonyl (C=O) groups is 2. The molecule has 170 valence electrons. The minimum atomic E-state index is -0.274. The van der Waals surface area contributed by atoms with Crippen LogP contribution >= 0.6 is 0 Å². The van der Waals surface area contributed by atoms with Gasteiger partial charge in [-0.3, -0.25) is 9.59 Å². The first-order valence-corrected chi connectivity index (χ1v) is 12.6. The van der Waals surface area contributed by atoms with Gasteiger partial charge in [0.1, 0.15) is 6.04 Å². The molecule has 1 unspecified atom stereocenters. The number of carbonyl (C=O) groups excluding carboxylic acids is 2. The molecule has 5 aliphatic rings. The van der Waals surface area contributed by atoms with Crippen molar-refractivity contribution in [2.75, 3.05) is 13.1 Å². The molecule has 32 heavy (non-hydrogen) atoms. The van der Waals surface area contributed by atoms with E-state index in [0.29, 0.717) is 12.5 Å². The molecule has 4 saturated carbocycles. The second kappa shape index (κ2) is 7.89. The van der Waals surface area contributed by atoms with Gasteiger partial charge in [-0.25, -0.2) is 4.98 Å². The number of para-hydroxylation sites is 2. The van der Waals surface area contributed by atoms with E-state index in [-0.39, 0.29) is 17.4 Å².